The number of aromatic nitrogens is 1. The van der Waals surface area contributed by atoms with Gasteiger partial charge >= 0.3 is 0 Å². The number of benzene rings is 1. The molecule has 4 nitrogen and oxygen atoms in total. The van der Waals surface area contributed by atoms with E-state index in [9.17, 15) is 4.79 Å². The fourth-order valence-corrected chi connectivity index (χ4v) is 1.96. The van der Waals surface area contributed by atoms with Crippen LogP contribution in [0.15, 0.2) is 36.5 Å². The van der Waals surface area contributed by atoms with Gasteiger partial charge in [-0.3, -0.25) is 9.78 Å². The van der Waals surface area contributed by atoms with Gasteiger partial charge in [0.05, 0.1) is 18.1 Å². The summed E-state index contributed by atoms with van der Waals surface area (Å²) in [5.74, 6) is 2.28. The van der Waals surface area contributed by atoms with Crippen LogP contribution in [-0.2, 0) is 11.3 Å². The third kappa shape index (κ3) is 3.34. The third-order valence-electron chi connectivity index (χ3n) is 3.07. The minimum Gasteiger partial charge on any atom is -0.344 e. The largest absolute Gasteiger partial charge is 0.344 e. The van der Waals surface area contributed by atoms with E-state index < -0.39 is 0 Å². The maximum absolute atomic E-state index is 11.7. The van der Waals surface area contributed by atoms with E-state index in [0.717, 1.165) is 16.5 Å². The summed E-state index contributed by atoms with van der Waals surface area (Å²) < 4.78 is 0. The summed E-state index contributed by atoms with van der Waals surface area (Å²) >= 11 is 0. The molecule has 0 saturated carbocycles. The Morgan fingerprint density at radius 3 is 3.00 bits per heavy atom. The van der Waals surface area contributed by atoms with Crippen molar-refractivity contribution in [3.63, 3.8) is 0 Å². The summed E-state index contributed by atoms with van der Waals surface area (Å²) in [6, 6.07) is 9.65. The van der Waals surface area contributed by atoms with Gasteiger partial charge in [-0.1, -0.05) is 30.2 Å². The van der Waals surface area contributed by atoms with Crippen LogP contribution in [0.5, 0.6) is 0 Å². The molecule has 1 atom stereocenters. The molecule has 1 heterocycles. The first-order valence-electron chi connectivity index (χ1n) is 6.49. The summed E-state index contributed by atoms with van der Waals surface area (Å²) in [6.07, 6.45) is 6.88. The number of rotatable bonds is 5. The Morgan fingerprint density at radius 2 is 2.20 bits per heavy atom. The van der Waals surface area contributed by atoms with Crippen molar-refractivity contribution < 1.29 is 4.79 Å². The van der Waals surface area contributed by atoms with Gasteiger partial charge in [0.2, 0.25) is 5.91 Å². The van der Waals surface area contributed by atoms with Crippen LogP contribution < -0.4 is 10.6 Å². The number of carbonyl (C=O) groups excluding carboxylic acids is 1. The highest BCUT2D eigenvalue weighted by Gasteiger charge is 2.11. The van der Waals surface area contributed by atoms with Gasteiger partial charge in [0, 0.05) is 18.1 Å². The second kappa shape index (κ2) is 6.69. The lowest BCUT2D eigenvalue weighted by atomic mass is 10.1. The highest BCUT2D eigenvalue weighted by Crippen LogP contribution is 2.15. The molecule has 2 aromatic rings. The molecule has 0 saturated heterocycles. The molecule has 1 unspecified atom stereocenters. The predicted octanol–water partition coefficient (Wildman–Crippen LogP) is 1.46. The van der Waals surface area contributed by atoms with Gasteiger partial charge in [-0.05, 0) is 18.6 Å². The van der Waals surface area contributed by atoms with Crippen molar-refractivity contribution in [2.45, 2.75) is 19.5 Å². The number of nitrogens with zero attached hydrogens (tertiary/aromatic N) is 1. The Balaban J connectivity index is 2.03. The number of carbonyl (C=O) groups is 1. The average Bonchev–Trinajstić information content (AvgIpc) is 2.50. The standard InChI is InChI=1S/C16H17N3O/c1-3-9-18-16(20)12(2)19-11-14-7-4-6-13-8-5-10-17-15(13)14/h1,4-8,10,12,19H,9,11H2,2H3,(H,18,20). The molecule has 0 fully saturated rings. The van der Waals surface area contributed by atoms with Gasteiger partial charge in [-0.25, -0.2) is 0 Å². The van der Waals surface area contributed by atoms with Crippen molar-refractivity contribution in [2.75, 3.05) is 6.54 Å². The van der Waals surface area contributed by atoms with E-state index in [1.165, 1.54) is 0 Å². The molecule has 102 valence electrons. The Bertz CT molecular complexity index is 640. The van der Waals surface area contributed by atoms with Gasteiger partial charge in [0.1, 0.15) is 0 Å². The van der Waals surface area contributed by atoms with Crippen molar-refractivity contribution in [1.82, 2.24) is 15.6 Å². The molecule has 0 radical (unpaired) electrons. The Morgan fingerprint density at radius 1 is 1.40 bits per heavy atom. The molecule has 2 N–H and O–H groups in total. The molecular formula is C16H17N3O. The second-order valence-corrected chi connectivity index (χ2v) is 4.52. The SMILES string of the molecule is C#CCNC(=O)C(C)NCc1cccc2cccnc12. The molecule has 20 heavy (non-hydrogen) atoms. The van der Waals surface area contributed by atoms with E-state index in [1.54, 1.807) is 6.20 Å². The lowest BCUT2D eigenvalue weighted by Crippen LogP contribution is -2.41. The van der Waals surface area contributed by atoms with Crippen LogP contribution in [0.4, 0.5) is 0 Å². The summed E-state index contributed by atoms with van der Waals surface area (Å²) in [7, 11) is 0. The van der Waals surface area contributed by atoms with Gasteiger partial charge in [0.15, 0.2) is 0 Å². The molecule has 1 aromatic heterocycles. The summed E-state index contributed by atoms with van der Waals surface area (Å²) in [6.45, 7) is 2.64. The van der Waals surface area contributed by atoms with Crippen LogP contribution in [0.2, 0.25) is 0 Å². The molecule has 1 aromatic carbocycles. The van der Waals surface area contributed by atoms with Gasteiger partial charge < -0.3 is 10.6 Å². The molecule has 0 aliphatic rings. The summed E-state index contributed by atoms with van der Waals surface area (Å²) in [5.41, 5.74) is 2.03. The molecular weight excluding hydrogens is 250 g/mol. The summed E-state index contributed by atoms with van der Waals surface area (Å²) in [5, 5.41) is 6.93. The van der Waals surface area contributed by atoms with E-state index in [1.807, 2.05) is 37.3 Å². The molecule has 1 amide bonds. The zero-order chi connectivity index (χ0) is 14.4. The number of nitrogens with one attached hydrogen (secondary N) is 2. The molecule has 0 bridgehead atoms. The number of hydrogen-bond acceptors (Lipinski definition) is 3. The first-order valence-corrected chi connectivity index (χ1v) is 6.49. The highest BCUT2D eigenvalue weighted by molar-refractivity contribution is 5.82. The Hall–Kier alpha value is -2.38. The average molecular weight is 267 g/mol. The van der Waals surface area contributed by atoms with Crippen molar-refractivity contribution in [3.05, 3.63) is 42.1 Å². The third-order valence-corrected chi connectivity index (χ3v) is 3.07. The normalized spacial score (nSPS) is 11.8. The smallest absolute Gasteiger partial charge is 0.237 e. The van der Waals surface area contributed by atoms with Crippen molar-refractivity contribution >= 4 is 16.8 Å². The zero-order valence-electron chi connectivity index (χ0n) is 11.4. The van der Waals surface area contributed by atoms with Crippen LogP contribution in [0, 0.1) is 12.3 Å². The minimum atomic E-state index is -0.303. The number of hydrogen-bond donors (Lipinski definition) is 2. The number of terminal acetylenes is 1. The molecule has 4 heteroatoms. The van der Waals surface area contributed by atoms with Gasteiger partial charge in [-0.15, -0.1) is 6.42 Å². The predicted molar refractivity (Wildman–Crippen MR) is 79.9 cm³/mol. The fraction of sp³-hybridized carbons (Fsp3) is 0.250. The fourth-order valence-electron chi connectivity index (χ4n) is 1.96. The maximum atomic E-state index is 11.7. The molecule has 0 aliphatic heterocycles. The van der Waals surface area contributed by atoms with E-state index in [4.69, 9.17) is 6.42 Å². The molecule has 0 spiro atoms. The first kappa shape index (κ1) is 14.0. The topological polar surface area (TPSA) is 54.0 Å². The van der Waals surface area contributed by atoms with Gasteiger partial charge in [0.25, 0.3) is 0 Å². The van der Waals surface area contributed by atoms with Crippen molar-refractivity contribution in [2.24, 2.45) is 0 Å². The van der Waals surface area contributed by atoms with Gasteiger partial charge in [-0.2, -0.15) is 0 Å². The lowest BCUT2D eigenvalue weighted by Gasteiger charge is -2.13. The van der Waals surface area contributed by atoms with E-state index in [2.05, 4.69) is 21.5 Å². The monoisotopic (exact) mass is 267 g/mol. The number of amides is 1. The summed E-state index contributed by atoms with van der Waals surface area (Å²) in [4.78, 5) is 16.1. The minimum absolute atomic E-state index is 0.101. The molecule has 2 rings (SSSR count). The van der Waals surface area contributed by atoms with Crippen molar-refractivity contribution in [3.8, 4) is 12.3 Å². The Kier molecular flexibility index (Phi) is 4.70. The van der Waals surface area contributed by atoms with E-state index >= 15 is 0 Å². The highest BCUT2D eigenvalue weighted by atomic mass is 16.2. The van der Waals surface area contributed by atoms with Crippen LogP contribution in [-0.4, -0.2) is 23.5 Å². The van der Waals surface area contributed by atoms with E-state index in [-0.39, 0.29) is 18.5 Å². The maximum Gasteiger partial charge on any atom is 0.237 e. The number of pyridine rings is 1. The second-order valence-electron chi connectivity index (χ2n) is 4.52. The molecule has 0 aliphatic carbocycles. The van der Waals surface area contributed by atoms with Crippen LogP contribution in [0.3, 0.4) is 0 Å². The van der Waals surface area contributed by atoms with Crippen LogP contribution in [0.25, 0.3) is 10.9 Å². The quantitative estimate of drug-likeness (QED) is 0.806. The van der Waals surface area contributed by atoms with Crippen LogP contribution in [0.1, 0.15) is 12.5 Å². The van der Waals surface area contributed by atoms with Crippen molar-refractivity contribution in [1.29, 1.82) is 0 Å². The first-order chi connectivity index (χ1) is 9.72. The Labute approximate surface area is 118 Å². The zero-order valence-corrected chi connectivity index (χ0v) is 11.4. The number of para-hydroxylation sites is 1. The number of fused-ring (bicyclic) bond motifs is 1. The van der Waals surface area contributed by atoms with E-state index in [0.29, 0.717) is 6.54 Å². The lowest BCUT2D eigenvalue weighted by molar-refractivity contribution is -0.122. The van der Waals surface area contributed by atoms with Crippen LogP contribution >= 0.6 is 0 Å².